The molecule has 0 radical (unpaired) electrons. The minimum atomic E-state index is -0.979. The van der Waals surface area contributed by atoms with E-state index >= 15 is 0 Å². The van der Waals surface area contributed by atoms with E-state index in [1.165, 1.54) is 13.2 Å². The first-order valence-electron chi connectivity index (χ1n) is 6.32. The second kappa shape index (κ2) is 6.72. The zero-order chi connectivity index (χ0) is 15.4. The highest BCUT2D eigenvalue weighted by molar-refractivity contribution is 9.10. The van der Waals surface area contributed by atoms with Gasteiger partial charge in [-0.15, -0.1) is 0 Å². The zero-order valence-corrected chi connectivity index (χ0v) is 12.9. The lowest BCUT2D eigenvalue weighted by Gasteiger charge is -2.14. The zero-order valence-electron chi connectivity index (χ0n) is 11.3. The van der Waals surface area contributed by atoms with Gasteiger partial charge in [0.15, 0.2) is 0 Å². The summed E-state index contributed by atoms with van der Waals surface area (Å²) in [6, 6.07) is 11.4. The smallest absolute Gasteiger partial charge is 0.311 e. The Morgan fingerprint density at radius 2 is 1.95 bits per heavy atom. The summed E-state index contributed by atoms with van der Waals surface area (Å²) in [4.78, 5) is 11.5. The Morgan fingerprint density at radius 1 is 1.29 bits per heavy atom. The molecule has 1 N–H and O–H groups in total. The fourth-order valence-corrected chi connectivity index (χ4v) is 2.35. The van der Waals surface area contributed by atoms with Crippen molar-refractivity contribution in [1.29, 1.82) is 0 Å². The molecule has 0 aliphatic rings. The van der Waals surface area contributed by atoms with Gasteiger partial charge < -0.3 is 9.84 Å². The Hall–Kier alpha value is -1.88. The van der Waals surface area contributed by atoms with Gasteiger partial charge in [0.25, 0.3) is 0 Å². The predicted molar refractivity (Wildman–Crippen MR) is 81.2 cm³/mol. The minimum absolute atomic E-state index is 0.0901. The topological polar surface area (TPSA) is 46.5 Å². The van der Waals surface area contributed by atoms with Gasteiger partial charge in [0.2, 0.25) is 0 Å². The lowest BCUT2D eigenvalue weighted by atomic mass is 9.92. The molecule has 0 amide bonds. The Balaban J connectivity index is 2.28. The molecule has 2 aromatic rings. The highest BCUT2D eigenvalue weighted by Gasteiger charge is 2.22. The second-order valence-electron chi connectivity index (χ2n) is 4.60. The molecule has 0 saturated heterocycles. The number of carboxylic acid groups (broad SMARTS) is 1. The molecule has 3 nitrogen and oxygen atoms in total. The average molecular weight is 353 g/mol. The fourth-order valence-electron chi connectivity index (χ4n) is 2.08. The molecule has 0 bridgehead atoms. The van der Waals surface area contributed by atoms with E-state index in [-0.39, 0.29) is 6.42 Å². The molecule has 1 atom stereocenters. The van der Waals surface area contributed by atoms with E-state index in [0.29, 0.717) is 16.9 Å². The Morgan fingerprint density at radius 3 is 2.48 bits per heavy atom. The second-order valence-corrected chi connectivity index (χ2v) is 5.52. The summed E-state index contributed by atoms with van der Waals surface area (Å²) in [6.45, 7) is 0. The van der Waals surface area contributed by atoms with Crippen molar-refractivity contribution >= 4 is 21.9 Å². The number of ether oxygens (including phenoxy) is 1. The summed E-state index contributed by atoms with van der Waals surface area (Å²) in [5, 5.41) is 9.39. The summed E-state index contributed by atoms with van der Waals surface area (Å²) in [7, 11) is 1.45. The molecule has 2 aromatic carbocycles. The molecule has 0 saturated carbocycles. The van der Waals surface area contributed by atoms with E-state index in [1.807, 2.05) is 0 Å². The summed E-state index contributed by atoms with van der Waals surface area (Å²) in [6.07, 6.45) is 0.0901. The molecule has 1 unspecified atom stereocenters. The molecular weight excluding hydrogens is 339 g/mol. The number of halogens is 2. The third-order valence-electron chi connectivity index (χ3n) is 3.25. The van der Waals surface area contributed by atoms with Crippen molar-refractivity contribution in [3.63, 3.8) is 0 Å². The van der Waals surface area contributed by atoms with Gasteiger partial charge in [-0.25, -0.2) is 4.39 Å². The van der Waals surface area contributed by atoms with Crippen LogP contribution in [0.4, 0.5) is 4.39 Å². The number of carboxylic acids is 1. The van der Waals surface area contributed by atoms with Gasteiger partial charge in [-0.3, -0.25) is 4.79 Å². The van der Waals surface area contributed by atoms with Crippen molar-refractivity contribution in [3.8, 4) is 5.75 Å². The minimum Gasteiger partial charge on any atom is -0.497 e. The van der Waals surface area contributed by atoms with Crippen LogP contribution in [0.3, 0.4) is 0 Å². The first-order chi connectivity index (χ1) is 10.0. The Kier molecular flexibility index (Phi) is 4.96. The average Bonchev–Trinajstić information content (AvgIpc) is 2.46. The number of hydrogen-bond acceptors (Lipinski definition) is 2. The third kappa shape index (κ3) is 3.82. The maximum Gasteiger partial charge on any atom is 0.311 e. The molecule has 0 heterocycles. The lowest BCUT2D eigenvalue weighted by molar-refractivity contribution is -0.138. The van der Waals surface area contributed by atoms with Crippen LogP contribution in [0.15, 0.2) is 46.9 Å². The van der Waals surface area contributed by atoms with Crippen LogP contribution >= 0.6 is 15.9 Å². The van der Waals surface area contributed by atoms with Crippen molar-refractivity contribution in [1.82, 2.24) is 0 Å². The van der Waals surface area contributed by atoms with E-state index in [2.05, 4.69) is 15.9 Å². The summed E-state index contributed by atoms with van der Waals surface area (Å²) in [5.74, 6) is -1.82. The van der Waals surface area contributed by atoms with Gasteiger partial charge >= 0.3 is 5.97 Å². The van der Waals surface area contributed by atoms with Gasteiger partial charge in [-0.1, -0.05) is 34.1 Å². The van der Waals surface area contributed by atoms with Gasteiger partial charge in [0.05, 0.1) is 13.0 Å². The molecule has 0 fully saturated rings. The largest absolute Gasteiger partial charge is 0.497 e. The van der Waals surface area contributed by atoms with Crippen LogP contribution in [0.2, 0.25) is 0 Å². The van der Waals surface area contributed by atoms with Crippen molar-refractivity contribution < 1.29 is 19.0 Å². The highest BCUT2D eigenvalue weighted by Crippen LogP contribution is 2.26. The van der Waals surface area contributed by atoms with Gasteiger partial charge in [0, 0.05) is 10.5 Å². The number of carbonyl (C=O) groups is 1. The quantitative estimate of drug-likeness (QED) is 0.884. The van der Waals surface area contributed by atoms with Gasteiger partial charge in [0.1, 0.15) is 11.6 Å². The number of methoxy groups -OCH3 is 1. The summed E-state index contributed by atoms with van der Waals surface area (Å²) < 4.78 is 19.8. The molecular formula is C16H14BrFO3. The van der Waals surface area contributed by atoms with E-state index in [9.17, 15) is 14.3 Å². The molecule has 110 valence electrons. The standard InChI is InChI=1S/C16H14BrFO3/c1-21-13-7-4-11(15(18)9-13)8-14(16(19)20)10-2-5-12(17)6-3-10/h2-7,9,14H,8H2,1H3,(H,19,20). The fraction of sp³-hybridized carbons (Fsp3) is 0.188. The van der Waals surface area contributed by atoms with Crippen LogP contribution in [-0.2, 0) is 11.2 Å². The first kappa shape index (κ1) is 15.5. The summed E-state index contributed by atoms with van der Waals surface area (Å²) in [5.41, 5.74) is 0.993. The number of aliphatic carboxylic acids is 1. The maximum atomic E-state index is 14.0. The van der Waals surface area contributed by atoms with Gasteiger partial charge in [-0.2, -0.15) is 0 Å². The maximum absolute atomic E-state index is 14.0. The van der Waals surface area contributed by atoms with Crippen molar-refractivity contribution in [2.24, 2.45) is 0 Å². The Labute approximate surface area is 130 Å². The normalized spacial score (nSPS) is 12.0. The lowest BCUT2D eigenvalue weighted by Crippen LogP contribution is -2.15. The Bertz CT molecular complexity index is 640. The van der Waals surface area contributed by atoms with E-state index in [1.54, 1.807) is 36.4 Å². The SMILES string of the molecule is COc1ccc(CC(C(=O)O)c2ccc(Br)cc2)c(F)c1. The molecule has 0 aliphatic heterocycles. The molecule has 0 aromatic heterocycles. The predicted octanol–water partition coefficient (Wildman–Crippen LogP) is 4.01. The number of benzene rings is 2. The van der Waals surface area contributed by atoms with Crippen LogP contribution in [-0.4, -0.2) is 18.2 Å². The molecule has 0 spiro atoms. The van der Waals surface area contributed by atoms with Crippen molar-refractivity contribution in [2.75, 3.05) is 7.11 Å². The van der Waals surface area contributed by atoms with Gasteiger partial charge in [-0.05, 0) is 35.7 Å². The monoisotopic (exact) mass is 352 g/mol. The molecule has 2 rings (SSSR count). The first-order valence-corrected chi connectivity index (χ1v) is 7.11. The van der Waals surface area contributed by atoms with E-state index in [0.717, 1.165) is 4.47 Å². The highest BCUT2D eigenvalue weighted by atomic mass is 79.9. The number of hydrogen-bond donors (Lipinski definition) is 1. The van der Waals surface area contributed by atoms with Crippen molar-refractivity contribution in [2.45, 2.75) is 12.3 Å². The van der Waals surface area contributed by atoms with Crippen LogP contribution in [0.5, 0.6) is 5.75 Å². The number of rotatable bonds is 5. The van der Waals surface area contributed by atoms with Crippen LogP contribution < -0.4 is 4.74 Å². The van der Waals surface area contributed by atoms with E-state index in [4.69, 9.17) is 4.74 Å². The van der Waals surface area contributed by atoms with Crippen LogP contribution in [0, 0.1) is 5.82 Å². The van der Waals surface area contributed by atoms with Crippen LogP contribution in [0.25, 0.3) is 0 Å². The summed E-state index contributed by atoms with van der Waals surface area (Å²) >= 11 is 3.30. The third-order valence-corrected chi connectivity index (χ3v) is 3.78. The van der Waals surface area contributed by atoms with Crippen molar-refractivity contribution in [3.05, 3.63) is 63.9 Å². The molecule has 0 aliphatic carbocycles. The molecule has 5 heteroatoms. The van der Waals surface area contributed by atoms with Crippen LogP contribution in [0.1, 0.15) is 17.0 Å². The molecule has 21 heavy (non-hydrogen) atoms. The van der Waals surface area contributed by atoms with E-state index < -0.39 is 17.7 Å².